The van der Waals surface area contributed by atoms with Crippen LogP contribution in [-0.2, 0) is 22.3 Å². The number of ether oxygens (including phenoxy) is 1. The van der Waals surface area contributed by atoms with Crippen molar-refractivity contribution in [2.45, 2.75) is 37.3 Å². The molecule has 2 N–H and O–H groups in total. The van der Waals surface area contributed by atoms with Gasteiger partial charge in [-0.05, 0) is 36.8 Å². The lowest BCUT2D eigenvalue weighted by Crippen LogP contribution is -2.49. The minimum atomic E-state index is -4.46. The predicted molar refractivity (Wildman–Crippen MR) is 118 cm³/mol. The number of benzene rings is 2. The molecule has 1 aliphatic rings. The van der Waals surface area contributed by atoms with Crippen LogP contribution in [0.15, 0.2) is 47.6 Å². The number of fused-ring (bicyclic) bond motifs is 2. The van der Waals surface area contributed by atoms with E-state index in [0.29, 0.717) is 40.6 Å². The molecule has 174 valence electrons. The number of carbonyl (C=O) groups excluding carboxylic acids is 2. The van der Waals surface area contributed by atoms with Crippen LogP contribution in [-0.4, -0.2) is 39.8 Å². The monoisotopic (exact) mass is 478 g/mol. The number of imidazole rings is 1. The third-order valence-electron chi connectivity index (χ3n) is 5.20. The van der Waals surface area contributed by atoms with Gasteiger partial charge in [0.05, 0.1) is 34.6 Å². The van der Waals surface area contributed by atoms with Gasteiger partial charge in [-0.1, -0.05) is 30.8 Å². The zero-order valence-corrected chi connectivity index (χ0v) is 18.4. The third kappa shape index (κ3) is 4.63. The maximum absolute atomic E-state index is 13.2. The van der Waals surface area contributed by atoms with Crippen molar-refractivity contribution in [3.63, 3.8) is 0 Å². The van der Waals surface area contributed by atoms with Crippen molar-refractivity contribution in [1.29, 1.82) is 0 Å². The Kier molecular flexibility index (Phi) is 6.24. The quantitative estimate of drug-likeness (QED) is 0.544. The molecule has 0 bridgehead atoms. The van der Waals surface area contributed by atoms with Crippen LogP contribution in [0, 0.1) is 0 Å². The number of para-hydroxylation sites is 2. The van der Waals surface area contributed by atoms with Crippen LogP contribution in [0.5, 0.6) is 5.75 Å². The van der Waals surface area contributed by atoms with Gasteiger partial charge in [-0.25, -0.2) is 4.98 Å². The van der Waals surface area contributed by atoms with Crippen molar-refractivity contribution in [2.75, 3.05) is 17.2 Å². The van der Waals surface area contributed by atoms with Gasteiger partial charge < -0.3 is 19.9 Å². The first-order valence-corrected chi connectivity index (χ1v) is 11.2. The van der Waals surface area contributed by atoms with Crippen LogP contribution in [0.1, 0.15) is 18.9 Å². The summed E-state index contributed by atoms with van der Waals surface area (Å²) in [7, 11) is 0. The van der Waals surface area contributed by atoms with Crippen molar-refractivity contribution in [2.24, 2.45) is 5.73 Å². The Morgan fingerprint density at radius 2 is 2.00 bits per heavy atom. The van der Waals surface area contributed by atoms with Crippen LogP contribution in [0.4, 0.5) is 18.9 Å². The Bertz CT molecular complexity index is 1210. The lowest BCUT2D eigenvalue weighted by Gasteiger charge is -2.33. The summed E-state index contributed by atoms with van der Waals surface area (Å²) in [5.74, 6) is -0.629. The minimum Gasteiger partial charge on any atom is -0.477 e. The molecule has 0 spiro atoms. The number of hydrogen-bond acceptors (Lipinski definition) is 5. The summed E-state index contributed by atoms with van der Waals surface area (Å²) in [6.07, 6.45) is -4.75. The molecule has 0 fully saturated rings. The highest BCUT2D eigenvalue weighted by Gasteiger charge is 2.33. The van der Waals surface area contributed by atoms with E-state index < -0.39 is 23.8 Å². The Morgan fingerprint density at radius 3 is 2.70 bits per heavy atom. The number of carbonyl (C=O) groups is 2. The molecule has 1 atom stereocenters. The van der Waals surface area contributed by atoms with Gasteiger partial charge in [0.1, 0.15) is 5.75 Å². The van der Waals surface area contributed by atoms with Crippen molar-refractivity contribution in [3.8, 4) is 5.75 Å². The second-order valence-electron chi connectivity index (χ2n) is 7.52. The van der Waals surface area contributed by atoms with E-state index in [-0.39, 0.29) is 18.2 Å². The zero-order valence-electron chi connectivity index (χ0n) is 17.6. The lowest BCUT2D eigenvalue weighted by atomic mass is 10.2. The zero-order chi connectivity index (χ0) is 23.8. The van der Waals surface area contributed by atoms with Crippen LogP contribution >= 0.6 is 11.8 Å². The fraction of sp³-hybridized carbons (Fsp3) is 0.318. The molecule has 0 unspecified atom stereocenters. The number of anilines is 1. The van der Waals surface area contributed by atoms with Crippen LogP contribution in [0.25, 0.3) is 11.0 Å². The number of hydrogen-bond donors (Lipinski definition) is 1. The van der Waals surface area contributed by atoms with Crippen LogP contribution < -0.4 is 15.4 Å². The Morgan fingerprint density at radius 1 is 1.24 bits per heavy atom. The van der Waals surface area contributed by atoms with Gasteiger partial charge >= 0.3 is 6.18 Å². The average molecular weight is 478 g/mol. The SMILES string of the molecule is CCCn1c(SCC(=O)N2C[C@H](C(N)=O)Oc3ccccc32)nc2ccc(C(F)(F)F)cc21. The summed E-state index contributed by atoms with van der Waals surface area (Å²) in [6.45, 7) is 2.35. The number of nitrogens with zero attached hydrogens (tertiary/aromatic N) is 3. The van der Waals surface area contributed by atoms with E-state index in [1.165, 1.54) is 11.0 Å². The van der Waals surface area contributed by atoms with Gasteiger partial charge in [-0.2, -0.15) is 13.2 Å². The number of aromatic nitrogens is 2. The van der Waals surface area contributed by atoms with E-state index in [4.69, 9.17) is 10.5 Å². The first-order chi connectivity index (χ1) is 15.7. The molecule has 2 amide bonds. The molecule has 33 heavy (non-hydrogen) atoms. The highest BCUT2D eigenvalue weighted by Crippen LogP contribution is 2.35. The van der Waals surface area contributed by atoms with E-state index >= 15 is 0 Å². The molecule has 0 aliphatic carbocycles. The largest absolute Gasteiger partial charge is 0.477 e. The molecule has 1 aromatic heterocycles. The highest BCUT2D eigenvalue weighted by molar-refractivity contribution is 7.99. The van der Waals surface area contributed by atoms with Gasteiger partial charge in [-0.3, -0.25) is 9.59 Å². The van der Waals surface area contributed by atoms with Gasteiger partial charge in [0.2, 0.25) is 5.91 Å². The summed E-state index contributed by atoms with van der Waals surface area (Å²) in [5.41, 5.74) is 5.96. The molecular formula is C22H21F3N4O3S. The predicted octanol–water partition coefficient (Wildman–Crippen LogP) is 3.84. The summed E-state index contributed by atoms with van der Waals surface area (Å²) in [6, 6.07) is 10.3. The molecule has 2 aromatic carbocycles. The maximum Gasteiger partial charge on any atom is 0.416 e. The number of alkyl halides is 3. The number of thioether (sulfide) groups is 1. The summed E-state index contributed by atoms with van der Waals surface area (Å²) >= 11 is 1.13. The summed E-state index contributed by atoms with van der Waals surface area (Å²) in [5, 5.41) is 0.451. The second kappa shape index (κ2) is 8.97. The van der Waals surface area contributed by atoms with Gasteiger partial charge in [-0.15, -0.1) is 0 Å². The van der Waals surface area contributed by atoms with Gasteiger partial charge in [0.25, 0.3) is 5.91 Å². The van der Waals surface area contributed by atoms with Crippen LogP contribution in [0.2, 0.25) is 0 Å². The van der Waals surface area contributed by atoms with Crippen molar-refractivity contribution in [1.82, 2.24) is 9.55 Å². The molecule has 2 heterocycles. The molecule has 4 rings (SSSR count). The molecule has 0 saturated heterocycles. The number of aryl methyl sites for hydroxylation is 1. The Balaban J connectivity index is 1.60. The average Bonchev–Trinajstić information content (AvgIpc) is 3.13. The maximum atomic E-state index is 13.2. The number of nitrogens with two attached hydrogens (primary N) is 1. The molecule has 3 aromatic rings. The fourth-order valence-electron chi connectivity index (χ4n) is 3.65. The summed E-state index contributed by atoms with van der Waals surface area (Å²) in [4.78, 5) is 30.7. The van der Waals surface area contributed by atoms with E-state index in [2.05, 4.69) is 4.98 Å². The molecule has 11 heteroatoms. The number of amides is 2. The van der Waals surface area contributed by atoms with Crippen molar-refractivity contribution in [3.05, 3.63) is 48.0 Å². The fourth-order valence-corrected chi connectivity index (χ4v) is 4.57. The van der Waals surface area contributed by atoms with Crippen LogP contribution in [0.3, 0.4) is 0 Å². The first-order valence-electron chi connectivity index (χ1n) is 10.2. The lowest BCUT2D eigenvalue weighted by molar-refractivity contribution is -0.137. The highest BCUT2D eigenvalue weighted by atomic mass is 32.2. The number of primary amides is 1. The van der Waals surface area contributed by atoms with E-state index in [1.54, 1.807) is 28.8 Å². The smallest absolute Gasteiger partial charge is 0.416 e. The van der Waals surface area contributed by atoms with E-state index in [1.807, 2.05) is 6.92 Å². The molecule has 0 saturated carbocycles. The standard InChI is InChI=1S/C22H21F3N4O3S/c1-2-9-28-16-10-13(22(23,24)25)7-8-14(16)27-21(28)33-12-19(30)29-11-18(20(26)31)32-17-6-4-3-5-15(17)29/h3-8,10,18H,2,9,11-12H2,1H3,(H2,26,31)/t18-/m1/s1. The van der Waals surface area contributed by atoms with E-state index in [0.717, 1.165) is 23.9 Å². The topological polar surface area (TPSA) is 90.5 Å². The summed E-state index contributed by atoms with van der Waals surface area (Å²) < 4.78 is 46.8. The molecule has 1 aliphatic heterocycles. The Hall–Kier alpha value is -3.21. The molecule has 0 radical (unpaired) electrons. The second-order valence-corrected chi connectivity index (χ2v) is 8.46. The van der Waals surface area contributed by atoms with Gasteiger partial charge in [0, 0.05) is 6.54 Å². The minimum absolute atomic E-state index is 0.0218. The molecular weight excluding hydrogens is 457 g/mol. The first kappa shape index (κ1) is 23.0. The number of halogens is 3. The normalized spacial score (nSPS) is 15.9. The van der Waals surface area contributed by atoms with Gasteiger partial charge in [0.15, 0.2) is 11.3 Å². The van der Waals surface area contributed by atoms with Crippen molar-refractivity contribution >= 4 is 40.3 Å². The number of rotatable bonds is 6. The van der Waals surface area contributed by atoms with Crippen molar-refractivity contribution < 1.29 is 27.5 Å². The third-order valence-corrected chi connectivity index (χ3v) is 6.17. The van der Waals surface area contributed by atoms with E-state index in [9.17, 15) is 22.8 Å². The Labute approximate surface area is 191 Å². The molecule has 7 nitrogen and oxygen atoms in total.